The second-order valence-electron chi connectivity index (χ2n) is 9.86. The van der Waals surface area contributed by atoms with Crippen LogP contribution in [0.1, 0.15) is 33.3 Å². The highest BCUT2D eigenvalue weighted by atomic mass is 32.2. The van der Waals surface area contributed by atoms with Gasteiger partial charge in [0.15, 0.2) is 0 Å². The van der Waals surface area contributed by atoms with Gasteiger partial charge >= 0.3 is 0 Å². The monoisotopic (exact) mass is 565 g/mol. The van der Waals surface area contributed by atoms with Crippen LogP contribution in [0.3, 0.4) is 0 Å². The van der Waals surface area contributed by atoms with Crippen LogP contribution < -0.4 is 14.4 Å². The molecule has 1 N–H and O–H groups in total. The third kappa shape index (κ3) is 8.08. The standard InChI is InChI=1S/C31H39N3O5S/c1-5-39-29-19-13-12-18-28(29)34(40(37,38)27-16-10-7-11-17-27)23-30(35)33(21-20-26-14-8-6-9-15-26)25(4)31(36)32-22-24(2)3/h6-19,24-25H,5,20-23H2,1-4H3,(H,32,36)/t25-/m0/s1. The van der Waals surface area contributed by atoms with E-state index in [0.717, 1.165) is 9.87 Å². The Labute approximate surface area is 238 Å². The van der Waals surface area contributed by atoms with Gasteiger partial charge in [-0.1, -0.05) is 74.5 Å². The van der Waals surface area contributed by atoms with Gasteiger partial charge in [-0.05, 0) is 56.0 Å². The smallest absolute Gasteiger partial charge is 0.264 e. The number of nitrogens with zero attached hydrogens (tertiary/aromatic N) is 2. The molecule has 3 rings (SSSR count). The summed E-state index contributed by atoms with van der Waals surface area (Å²) in [6, 6.07) is 23.6. The quantitative estimate of drug-likeness (QED) is 0.310. The predicted octanol–water partition coefficient (Wildman–Crippen LogP) is 4.51. The molecule has 0 radical (unpaired) electrons. The lowest BCUT2D eigenvalue weighted by Gasteiger charge is -2.32. The zero-order chi connectivity index (χ0) is 29.1. The number of nitrogens with one attached hydrogen (secondary N) is 1. The maximum absolute atomic E-state index is 14.0. The third-order valence-electron chi connectivity index (χ3n) is 6.38. The molecule has 0 saturated carbocycles. The minimum Gasteiger partial charge on any atom is -0.492 e. The number of sulfonamides is 1. The molecular weight excluding hydrogens is 526 g/mol. The molecule has 0 saturated heterocycles. The maximum atomic E-state index is 14.0. The Balaban J connectivity index is 2.00. The van der Waals surface area contributed by atoms with Gasteiger partial charge in [-0.25, -0.2) is 8.42 Å². The fourth-order valence-electron chi connectivity index (χ4n) is 4.20. The molecule has 0 fully saturated rings. The van der Waals surface area contributed by atoms with Crippen molar-refractivity contribution in [3.63, 3.8) is 0 Å². The van der Waals surface area contributed by atoms with Gasteiger partial charge in [-0.3, -0.25) is 13.9 Å². The van der Waals surface area contributed by atoms with E-state index in [0.29, 0.717) is 25.3 Å². The average molecular weight is 566 g/mol. The van der Waals surface area contributed by atoms with E-state index in [1.54, 1.807) is 56.3 Å². The number of rotatable bonds is 14. The molecule has 0 heterocycles. The first-order chi connectivity index (χ1) is 19.1. The molecule has 0 aliphatic carbocycles. The highest BCUT2D eigenvalue weighted by molar-refractivity contribution is 7.92. The summed E-state index contributed by atoms with van der Waals surface area (Å²) in [6.45, 7) is 7.99. The Morgan fingerprint density at radius 3 is 2.10 bits per heavy atom. The summed E-state index contributed by atoms with van der Waals surface area (Å²) in [6.07, 6.45) is 0.509. The molecule has 0 aliphatic heterocycles. The van der Waals surface area contributed by atoms with Gasteiger partial charge in [-0.15, -0.1) is 0 Å². The molecular formula is C31H39N3O5S. The number of carbonyl (C=O) groups excluding carboxylic acids is 2. The molecule has 0 spiro atoms. The largest absolute Gasteiger partial charge is 0.492 e. The van der Waals surface area contributed by atoms with Gasteiger partial charge in [0, 0.05) is 13.1 Å². The molecule has 214 valence electrons. The van der Waals surface area contributed by atoms with Gasteiger partial charge in [0.1, 0.15) is 18.3 Å². The van der Waals surface area contributed by atoms with Crippen LogP contribution in [0.15, 0.2) is 89.8 Å². The number of ether oxygens (including phenoxy) is 1. The maximum Gasteiger partial charge on any atom is 0.264 e. The summed E-state index contributed by atoms with van der Waals surface area (Å²) in [7, 11) is -4.15. The van der Waals surface area contributed by atoms with Gasteiger partial charge < -0.3 is 15.0 Å². The number of amides is 2. The van der Waals surface area contributed by atoms with Crippen molar-refractivity contribution in [3.05, 3.63) is 90.5 Å². The van der Waals surface area contributed by atoms with Crippen LogP contribution in [-0.2, 0) is 26.0 Å². The Morgan fingerprint density at radius 1 is 0.875 bits per heavy atom. The highest BCUT2D eigenvalue weighted by Crippen LogP contribution is 2.32. The summed E-state index contributed by atoms with van der Waals surface area (Å²) in [5, 5.41) is 2.90. The Hall–Kier alpha value is -3.85. The molecule has 0 aliphatic rings. The lowest BCUT2D eigenvalue weighted by molar-refractivity contribution is -0.138. The Bertz CT molecular complexity index is 1350. The van der Waals surface area contributed by atoms with Crippen molar-refractivity contribution in [1.82, 2.24) is 10.2 Å². The van der Waals surface area contributed by atoms with Crippen molar-refractivity contribution in [2.75, 3.05) is 30.5 Å². The Morgan fingerprint density at radius 2 is 1.48 bits per heavy atom. The van der Waals surface area contributed by atoms with Crippen molar-refractivity contribution in [2.24, 2.45) is 5.92 Å². The molecule has 9 heteroatoms. The molecule has 0 bridgehead atoms. The first-order valence-electron chi connectivity index (χ1n) is 13.6. The SMILES string of the molecule is CCOc1ccccc1N(CC(=O)N(CCc1ccccc1)[C@@H](C)C(=O)NCC(C)C)S(=O)(=O)c1ccccc1. The third-order valence-corrected chi connectivity index (χ3v) is 8.15. The number of hydrogen-bond donors (Lipinski definition) is 1. The summed E-state index contributed by atoms with van der Waals surface area (Å²) in [5.74, 6) is -0.196. The van der Waals surface area contributed by atoms with Crippen LogP contribution in [0.4, 0.5) is 5.69 Å². The van der Waals surface area contributed by atoms with Gasteiger partial charge in [0.25, 0.3) is 10.0 Å². The summed E-state index contributed by atoms with van der Waals surface area (Å²) in [5.41, 5.74) is 1.26. The van der Waals surface area contributed by atoms with Crippen LogP contribution in [0.5, 0.6) is 5.75 Å². The molecule has 0 aromatic heterocycles. The second-order valence-corrected chi connectivity index (χ2v) is 11.7. The molecule has 1 atom stereocenters. The van der Waals surface area contributed by atoms with E-state index in [1.165, 1.54) is 17.0 Å². The van der Waals surface area contributed by atoms with Crippen molar-refractivity contribution < 1.29 is 22.7 Å². The van der Waals surface area contributed by atoms with Gasteiger partial charge in [0.05, 0.1) is 17.2 Å². The van der Waals surface area contributed by atoms with Gasteiger partial charge in [-0.2, -0.15) is 0 Å². The first kappa shape index (κ1) is 30.7. The molecule has 8 nitrogen and oxygen atoms in total. The topological polar surface area (TPSA) is 96.0 Å². The van der Waals surface area contributed by atoms with Crippen LogP contribution in [0, 0.1) is 5.92 Å². The van der Waals surface area contributed by atoms with Crippen molar-refractivity contribution >= 4 is 27.5 Å². The number of para-hydroxylation sites is 2. The van der Waals surface area contributed by atoms with Crippen LogP contribution in [0.25, 0.3) is 0 Å². The summed E-state index contributed by atoms with van der Waals surface area (Å²) in [4.78, 5) is 28.5. The Kier molecular flexibility index (Phi) is 11.1. The van der Waals surface area contributed by atoms with E-state index < -0.39 is 28.5 Å². The molecule has 40 heavy (non-hydrogen) atoms. The van der Waals surface area contributed by atoms with Crippen molar-refractivity contribution in [1.29, 1.82) is 0 Å². The predicted molar refractivity (Wildman–Crippen MR) is 158 cm³/mol. The van der Waals surface area contributed by atoms with E-state index in [4.69, 9.17) is 4.74 Å². The molecule has 3 aromatic rings. The number of hydrogen-bond acceptors (Lipinski definition) is 5. The molecule has 0 unspecified atom stereocenters. The average Bonchev–Trinajstić information content (AvgIpc) is 2.96. The van der Waals surface area contributed by atoms with Crippen LogP contribution in [-0.4, -0.2) is 57.4 Å². The minimum absolute atomic E-state index is 0.0488. The lowest BCUT2D eigenvalue weighted by atomic mass is 10.1. The second kappa shape index (κ2) is 14.5. The number of anilines is 1. The normalized spacial score (nSPS) is 12.0. The minimum atomic E-state index is -4.15. The first-order valence-corrected chi connectivity index (χ1v) is 15.0. The van der Waals surface area contributed by atoms with Crippen molar-refractivity contribution in [2.45, 2.75) is 45.1 Å². The van der Waals surface area contributed by atoms with E-state index in [2.05, 4.69) is 5.32 Å². The summed E-state index contributed by atoms with van der Waals surface area (Å²) < 4.78 is 34.7. The van der Waals surface area contributed by atoms with E-state index >= 15 is 0 Å². The van der Waals surface area contributed by atoms with E-state index in [9.17, 15) is 18.0 Å². The van der Waals surface area contributed by atoms with E-state index in [-0.39, 0.29) is 29.0 Å². The number of benzene rings is 3. The van der Waals surface area contributed by atoms with Gasteiger partial charge in [0.2, 0.25) is 11.8 Å². The molecule has 3 aromatic carbocycles. The van der Waals surface area contributed by atoms with Crippen LogP contribution in [0.2, 0.25) is 0 Å². The fraction of sp³-hybridized carbons (Fsp3) is 0.355. The lowest BCUT2D eigenvalue weighted by Crippen LogP contribution is -2.52. The van der Waals surface area contributed by atoms with Crippen molar-refractivity contribution in [3.8, 4) is 5.75 Å². The van der Waals surface area contributed by atoms with Crippen LogP contribution >= 0.6 is 0 Å². The van der Waals surface area contributed by atoms with E-state index in [1.807, 2.05) is 44.2 Å². The summed E-state index contributed by atoms with van der Waals surface area (Å²) >= 11 is 0. The molecule has 2 amide bonds. The number of carbonyl (C=O) groups is 2. The zero-order valence-corrected chi connectivity index (χ0v) is 24.4. The zero-order valence-electron chi connectivity index (χ0n) is 23.6. The highest BCUT2D eigenvalue weighted by Gasteiger charge is 2.33. The fourth-order valence-corrected chi connectivity index (χ4v) is 5.64.